The van der Waals surface area contributed by atoms with Crippen molar-refractivity contribution >= 4 is 51.9 Å². The molecule has 39 heavy (non-hydrogen) atoms. The molecule has 3 aromatic rings. The first-order chi connectivity index (χ1) is 18.4. The van der Waals surface area contributed by atoms with E-state index in [-0.39, 0.29) is 35.6 Å². The van der Waals surface area contributed by atoms with Gasteiger partial charge in [-0.2, -0.15) is 13.2 Å². The Morgan fingerprint density at radius 2 is 1.77 bits per heavy atom. The predicted molar refractivity (Wildman–Crippen MR) is 143 cm³/mol. The number of amides is 2. The first kappa shape index (κ1) is 30.7. The van der Waals surface area contributed by atoms with Crippen molar-refractivity contribution in [3.05, 3.63) is 56.9 Å². The van der Waals surface area contributed by atoms with Crippen molar-refractivity contribution in [3.8, 4) is 10.6 Å². The van der Waals surface area contributed by atoms with E-state index in [1.165, 1.54) is 19.3 Å². The number of carbonyl (C=O) groups excluding carboxylic acids is 3. The largest absolute Gasteiger partial charge is 0.393 e. The predicted octanol–water partition coefficient (Wildman–Crippen LogP) is 5.28. The first-order valence-electron chi connectivity index (χ1n) is 11.9. The van der Waals surface area contributed by atoms with Gasteiger partial charge in [-0.3, -0.25) is 14.4 Å². The van der Waals surface area contributed by atoms with Crippen molar-refractivity contribution in [2.45, 2.75) is 63.4 Å². The molecule has 0 saturated carbocycles. The summed E-state index contributed by atoms with van der Waals surface area (Å²) < 4.78 is 38.1. The molecule has 0 aliphatic carbocycles. The highest BCUT2D eigenvalue weighted by Crippen LogP contribution is 2.27. The number of hydrogen-bond donors (Lipinski definition) is 3. The Hall–Kier alpha value is -2.87. The van der Waals surface area contributed by atoms with Crippen molar-refractivity contribution < 1.29 is 32.7 Å². The van der Waals surface area contributed by atoms with Crippen LogP contribution < -0.4 is 10.6 Å². The molecular weight excluding hydrogens is 577 g/mol. The molecular formula is C25H26ClF3N4O4S2. The lowest BCUT2D eigenvalue weighted by molar-refractivity contribution is -0.135. The molecule has 0 aliphatic rings. The third kappa shape index (κ3) is 9.67. The van der Waals surface area contributed by atoms with Crippen LogP contribution in [0.4, 0.5) is 13.2 Å². The number of nitrogens with zero attached hydrogens (tertiary/aromatic N) is 2. The second kappa shape index (κ2) is 14.0. The number of rotatable bonds is 13. The topological polar surface area (TPSA) is 121 Å². The normalized spacial score (nSPS) is 13.9. The van der Waals surface area contributed by atoms with Gasteiger partial charge >= 0.3 is 6.18 Å². The minimum atomic E-state index is -4.41. The molecule has 0 radical (unpaired) electrons. The van der Waals surface area contributed by atoms with Gasteiger partial charge in [-0.15, -0.1) is 22.7 Å². The van der Waals surface area contributed by atoms with E-state index in [1.807, 2.05) is 0 Å². The second-order valence-corrected chi connectivity index (χ2v) is 11.1. The van der Waals surface area contributed by atoms with Gasteiger partial charge in [0.15, 0.2) is 5.01 Å². The second-order valence-electron chi connectivity index (χ2n) is 8.76. The number of aliphatic hydroxyl groups excluding tert-OH is 1. The molecule has 3 rings (SSSR count). The van der Waals surface area contributed by atoms with Crippen LogP contribution in [-0.4, -0.2) is 57.0 Å². The Labute approximate surface area is 235 Å². The molecule has 0 bridgehead atoms. The summed E-state index contributed by atoms with van der Waals surface area (Å²) in [4.78, 5) is 47.5. The maximum atomic E-state index is 13.2. The van der Waals surface area contributed by atoms with Crippen LogP contribution in [0, 0.1) is 0 Å². The van der Waals surface area contributed by atoms with E-state index in [1.54, 1.807) is 29.6 Å². The fourth-order valence-electron chi connectivity index (χ4n) is 3.55. The van der Waals surface area contributed by atoms with Crippen molar-refractivity contribution in [3.63, 3.8) is 0 Å². The number of thiazole rings is 2. The van der Waals surface area contributed by atoms with Crippen molar-refractivity contribution in [2.75, 3.05) is 0 Å². The molecule has 0 spiro atoms. The smallest absolute Gasteiger partial charge is 0.389 e. The number of aliphatic hydroxyl groups is 1. The lowest BCUT2D eigenvalue weighted by Crippen LogP contribution is -2.51. The average Bonchev–Trinajstić information content (AvgIpc) is 3.58. The Kier molecular flexibility index (Phi) is 11.0. The van der Waals surface area contributed by atoms with Gasteiger partial charge in [-0.1, -0.05) is 23.7 Å². The number of nitrogens with one attached hydrogen (secondary N) is 2. The zero-order valence-corrected chi connectivity index (χ0v) is 23.1. The fraction of sp³-hybridized carbons (Fsp3) is 0.400. The quantitative estimate of drug-likeness (QED) is 0.229. The maximum absolute atomic E-state index is 13.2. The van der Waals surface area contributed by atoms with Crippen LogP contribution >= 0.6 is 34.3 Å². The highest BCUT2D eigenvalue weighted by atomic mass is 35.5. The van der Waals surface area contributed by atoms with Crippen LogP contribution in [0.15, 0.2) is 42.0 Å². The minimum Gasteiger partial charge on any atom is -0.393 e. The summed E-state index contributed by atoms with van der Waals surface area (Å²) in [7, 11) is 0. The SMILES string of the molecule is CC(O)CC[C@H](NC(=O)c1cnc(-c2ccc(Cl)cc2)s1)C(=O)N[C@@H](CCCC(F)(F)F)C(=O)c1nccs1. The zero-order valence-electron chi connectivity index (χ0n) is 20.7. The number of hydrogen-bond acceptors (Lipinski definition) is 8. The Morgan fingerprint density at radius 1 is 1.05 bits per heavy atom. The standard InChI is InChI=1S/C25H26ClF3N4O4S2/c1-14(34)4-9-18(33-22(37)19-13-31-23(39-19)15-5-7-16(26)8-6-15)21(36)32-17(3-2-10-25(27,28)29)20(35)24-30-11-12-38-24/h5-8,11-14,17-18,34H,2-4,9-10H2,1H3,(H,32,36)(H,33,37)/t14?,17-,18-/m0/s1. The molecule has 3 atom stereocenters. The van der Waals surface area contributed by atoms with E-state index < -0.39 is 48.4 Å². The number of halogens is 4. The van der Waals surface area contributed by atoms with E-state index in [0.717, 1.165) is 28.2 Å². The molecule has 8 nitrogen and oxygen atoms in total. The van der Waals surface area contributed by atoms with Crippen LogP contribution in [0.5, 0.6) is 0 Å². The number of Topliss-reactive ketones (excluding diaryl/α,β-unsaturated/α-hetero) is 1. The van der Waals surface area contributed by atoms with E-state index in [4.69, 9.17) is 11.6 Å². The molecule has 0 fully saturated rings. The Morgan fingerprint density at radius 3 is 2.38 bits per heavy atom. The van der Waals surface area contributed by atoms with Gasteiger partial charge < -0.3 is 15.7 Å². The number of alkyl halides is 3. The summed E-state index contributed by atoms with van der Waals surface area (Å²) in [5, 5.41) is 17.5. The molecule has 2 amide bonds. The van der Waals surface area contributed by atoms with Gasteiger partial charge in [0.1, 0.15) is 15.9 Å². The van der Waals surface area contributed by atoms with Crippen LogP contribution in [-0.2, 0) is 4.79 Å². The lowest BCUT2D eigenvalue weighted by Gasteiger charge is -2.23. The van der Waals surface area contributed by atoms with Gasteiger partial charge in [-0.25, -0.2) is 9.97 Å². The summed E-state index contributed by atoms with van der Waals surface area (Å²) in [6, 6.07) is 4.44. The first-order valence-corrected chi connectivity index (χ1v) is 14.0. The van der Waals surface area contributed by atoms with Crippen molar-refractivity contribution in [1.82, 2.24) is 20.6 Å². The fourth-order valence-corrected chi connectivity index (χ4v) is 5.13. The van der Waals surface area contributed by atoms with Crippen molar-refractivity contribution in [2.24, 2.45) is 0 Å². The summed E-state index contributed by atoms with van der Waals surface area (Å²) in [6.45, 7) is 1.52. The molecule has 1 aromatic carbocycles. The molecule has 14 heteroatoms. The number of benzene rings is 1. The molecule has 2 heterocycles. The van der Waals surface area contributed by atoms with Gasteiger partial charge in [0.05, 0.1) is 18.3 Å². The van der Waals surface area contributed by atoms with Crippen LogP contribution in [0.1, 0.15) is 58.5 Å². The third-order valence-corrected chi connectivity index (χ3v) is 7.63. The number of ketones is 1. The zero-order chi connectivity index (χ0) is 28.6. The molecule has 3 N–H and O–H groups in total. The highest BCUT2D eigenvalue weighted by molar-refractivity contribution is 7.16. The summed E-state index contributed by atoms with van der Waals surface area (Å²) in [6.07, 6.45) is -4.04. The van der Waals surface area contributed by atoms with E-state index in [0.29, 0.717) is 10.0 Å². The van der Waals surface area contributed by atoms with Gasteiger partial charge in [0, 0.05) is 28.6 Å². The average molecular weight is 603 g/mol. The highest BCUT2D eigenvalue weighted by Gasteiger charge is 2.31. The Bertz CT molecular complexity index is 1250. The van der Waals surface area contributed by atoms with Gasteiger partial charge in [0.2, 0.25) is 11.7 Å². The van der Waals surface area contributed by atoms with Crippen LogP contribution in [0.25, 0.3) is 10.6 Å². The number of carbonyl (C=O) groups is 3. The molecule has 0 aliphatic heterocycles. The van der Waals surface area contributed by atoms with Crippen LogP contribution in [0.2, 0.25) is 5.02 Å². The van der Waals surface area contributed by atoms with E-state index in [2.05, 4.69) is 20.6 Å². The summed E-state index contributed by atoms with van der Waals surface area (Å²) in [5.74, 6) is -1.97. The van der Waals surface area contributed by atoms with E-state index >= 15 is 0 Å². The molecule has 0 saturated heterocycles. The maximum Gasteiger partial charge on any atom is 0.389 e. The molecule has 210 valence electrons. The van der Waals surface area contributed by atoms with Crippen molar-refractivity contribution in [1.29, 1.82) is 0 Å². The third-order valence-electron chi connectivity index (χ3n) is 5.54. The van der Waals surface area contributed by atoms with Gasteiger partial charge in [0.25, 0.3) is 5.91 Å². The number of aromatic nitrogens is 2. The Balaban J connectivity index is 1.74. The molecule has 1 unspecified atom stereocenters. The van der Waals surface area contributed by atoms with E-state index in [9.17, 15) is 32.7 Å². The monoisotopic (exact) mass is 602 g/mol. The summed E-state index contributed by atoms with van der Waals surface area (Å²) >= 11 is 8.02. The van der Waals surface area contributed by atoms with Crippen LogP contribution in [0.3, 0.4) is 0 Å². The summed E-state index contributed by atoms with van der Waals surface area (Å²) in [5.41, 5.74) is 0.745. The lowest BCUT2D eigenvalue weighted by atomic mass is 10.0. The van der Waals surface area contributed by atoms with Gasteiger partial charge in [-0.05, 0) is 44.7 Å². The molecule has 2 aromatic heterocycles. The minimum absolute atomic E-state index is 0.0266.